The summed E-state index contributed by atoms with van der Waals surface area (Å²) in [6.45, 7) is 4.75. The second-order valence-corrected chi connectivity index (χ2v) is 6.40. The Morgan fingerprint density at radius 1 is 1.37 bits per heavy atom. The van der Waals surface area contributed by atoms with Crippen LogP contribution in [-0.4, -0.2) is 43.7 Å². The molecule has 0 aromatic rings. The van der Waals surface area contributed by atoms with Gasteiger partial charge in [0.05, 0.1) is 6.61 Å². The van der Waals surface area contributed by atoms with E-state index in [2.05, 4.69) is 11.8 Å². The van der Waals surface area contributed by atoms with E-state index in [0.29, 0.717) is 17.7 Å². The molecule has 4 heteroatoms. The molecular formula is C15H28N2O2. The molecule has 2 aliphatic rings. The van der Waals surface area contributed by atoms with Gasteiger partial charge in [0.1, 0.15) is 0 Å². The van der Waals surface area contributed by atoms with Gasteiger partial charge < -0.3 is 15.4 Å². The summed E-state index contributed by atoms with van der Waals surface area (Å²) in [5, 5.41) is 0. The summed E-state index contributed by atoms with van der Waals surface area (Å²) in [5.41, 5.74) is 6.04. The van der Waals surface area contributed by atoms with Gasteiger partial charge in [-0.05, 0) is 43.9 Å². The molecule has 1 amide bonds. The molecule has 1 aliphatic heterocycles. The minimum Gasteiger partial charge on any atom is -0.384 e. The van der Waals surface area contributed by atoms with Gasteiger partial charge in [-0.1, -0.05) is 6.92 Å². The van der Waals surface area contributed by atoms with E-state index < -0.39 is 0 Å². The first-order valence-electron chi connectivity index (χ1n) is 7.65. The van der Waals surface area contributed by atoms with Crippen LogP contribution in [0, 0.1) is 17.8 Å². The number of carbonyl (C=O) groups excluding carboxylic acids is 1. The van der Waals surface area contributed by atoms with Gasteiger partial charge in [0.15, 0.2) is 0 Å². The summed E-state index contributed by atoms with van der Waals surface area (Å²) in [4.78, 5) is 14.7. The Morgan fingerprint density at radius 2 is 2.16 bits per heavy atom. The van der Waals surface area contributed by atoms with E-state index in [1.165, 1.54) is 6.42 Å². The lowest BCUT2D eigenvalue weighted by Crippen LogP contribution is -2.46. The van der Waals surface area contributed by atoms with Crippen LogP contribution in [0.15, 0.2) is 0 Å². The van der Waals surface area contributed by atoms with E-state index in [4.69, 9.17) is 10.5 Å². The average Bonchev–Trinajstić information content (AvgIpc) is 2.42. The molecule has 1 aliphatic carbocycles. The van der Waals surface area contributed by atoms with Crippen molar-refractivity contribution in [3.8, 4) is 0 Å². The highest BCUT2D eigenvalue weighted by Crippen LogP contribution is 2.30. The van der Waals surface area contributed by atoms with Gasteiger partial charge in [0, 0.05) is 32.2 Å². The molecule has 2 fully saturated rings. The minimum absolute atomic E-state index is 0.205. The number of methoxy groups -OCH3 is 1. The third-order valence-electron chi connectivity index (χ3n) is 4.82. The summed E-state index contributed by atoms with van der Waals surface area (Å²) in [5.74, 6) is 1.56. The highest BCUT2D eigenvalue weighted by Gasteiger charge is 2.33. The molecule has 4 unspecified atom stereocenters. The molecule has 4 atom stereocenters. The molecule has 1 saturated carbocycles. The molecule has 0 bridgehead atoms. The van der Waals surface area contributed by atoms with Gasteiger partial charge in [-0.25, -0.2) is 0 Å². The van der Waals surface area contributed by atoms with Crippen LogP contribution in [0.3, 0.4) is 0 Å². The molecule has 2 N–H and O–H groups in total. The first kappa shape index (κ1) is 14.8. The maximum Gasteiger partial charge on any atom is 0.225 e. The van der Waals surface area contributed by atoms with Gasteiger partial charge in [-0.3, -0.25) is 4.79 Å². The summed E-state index contributed by atoms with van der Waals surface area (Å²) in [7, 11) is 1.74. The Bertz CT molecular complexity index is 307. The van der Waals surface area contributed by atoms with Crippen LogP contribution in [0.1, 0.15) is 39.0 Å². The SMILES string of the molecule is COCC1CCCN(C(=O)C2CCC(N)C(C)C2)C1. The zero-order valence-corrected chi connectivity index (χ0v) is 12.3. The number of hydrogen-bond acceptors (Lipinski definition) is 3. The van der Waals surface area contributed by atoms with Gasteiger partial charge in [0.25, 0.3) is 0 Å². The molecule has 1 saturated heterocycles. The Morgan fingerprint density at radius 3 is 2.84 bits per heavy atom. The number of hydrogen-bond donors (Lipinski definition) is 1. The number of carbonyl (C=O) groups is 1. The number of amides is 1. The lowest BCUT2D eigenvalue weighted by Gasteiger charge is -2.38. The monoisotopic (exact) mass is 268 g/mol. The smallest absolute Gasteiger partial charge is 0.225 e. The molecule has 1 heterocycles. The van der Waals surface area contributed by atoms with Crippen molar-refractivity contribution in [2.75, 3.05) is 26.8 Å². The molecule has 0 spiro atoms. The normalized spacial score (nSPS) is 36.3. The molecule has 19 heavy (non-hydrogen) atoms. The zero-order chi connectivity index (χ0) is 13.8. The number of ether oxygens (including phenoxy) is 1. The van der Waals surface area contributed by atoms with Crippen LogP contribution >= 0.6 is 0 Å². The molecular weight excluding hydrogens is 240 g/mol. The van der Waals surface area contributed by atoms with Crippen molar-refractivity contribution in [3.63, 3.8) is 0 Å². The predicted molar refractivity (Wildman–Crippen MR) is 75.7 cm³/mol. The van der Waals surface area contributed by atoms with E-state index in [1.807, 2.05) is 0 Å². The molecule has 0 aromatic heterocycles. The van der Waals surface area contributed by atoms with Crippen molar-refractivity contribution in [3.05, 3.63) is 0 Å². The molecule has 110 valence electrons. The van der Waals surface area contributed by atoms with Crippen LogP contribution in [0.4, 0.5) is 0 Å². The summed E-state index contributed by atoms with van der Waals surface area (Å²) < 4.78 is 5.23. The third kappa shape index (κ3) is 3.69. The van der Waals surface area contributed by atoms with Crippen LogP contribution < -0.4 is 5.73 Å². The zero-order valence-electron chi connectivity index (χ0n) is 12.3. The number of likely N-dealkylation sites (tertiary alicyclic amines) is 1. The minimum atomic E-state index is 0.205. The lowest BCUT2D eigenvalue weighted by molar-refractivity contribution is -0.139. The number of nitrogens with two attached hydrogens (primary N) is 1. The fourth-order valence-corrected chi connectivity index (χ4v) is 3.54. The molecule has 0 radical (unpaired) electrons. The van der Waals surface area contributed by atoms with Crippen molar-refractivity contribution in [1.82, 2.24) is 4.90 Å². The number of rotatable bonds is 3. The van der Waals surface area contributed by atoms with Crippen molar-refractivity contribution < 1.29 is 9.53 Å². The van der Waals surface area contributed by atoms with E-state index in [-0.39, 0.29) is 12.0 Å². The number of nitrogens with zero attached hydrogens (tertiary/aromatic N) is 1. The number of piperidine rings is 1. The predicted octanol–water partition coefficient (Wildman–Crippen LogP) is 1.63. The Hall–Kier alpha value is -0.610. The van der Waals surface area contributed by atoms with E-state index in [1.54, 1.807) is 7.11 Å². The van der Waals surface area contributed by atoms with Gasteiger partial charge in [-0.2, -0.15) is 0 Å². The second kappa shape index (κ2) is 6.71. The van der Waals surface area contributed by atoms with Gasteiger partial charge in [-0.15, -0.1) is 0 Å². The summed E-state index contributed by atoms with van der Waals surface area (Å²) in [6.07, 6.45) is 5.22. The Balaban J connectivity index is 1.88. The highest BCUT2D eigenvalue weighted by atomic mass is 16.5. The largest absolute Gasteiger partial charge is 0.384 e. The molecule has 4 nitrogen and oxygen atoms in total. The lowest BCUT2D eigenvalue weighted by atomic mass is 9.78. The van der Waals surface area contributed by atoms with Crippen molar-refractivity contribution in [1.29, 1.82) is 0 Å². The van der Waals surface area contributed by atoms with Crippen LogP contribution in [0.5, 0.6) is 0 Å². The van der Waals surface area contributed by atoms with Crippen LogP contribution in [-0.2, 0) is 9.53 Å². The van der Waals surface area contributed by atoms with Crippen LogP contribution in [0.25, 0.3) is 0 Å². The van der Waals surface area contributed by atoms with Crippen molar-refractivity contribution in [2.24, 2.45) is 23.5 Å². The average molecular weight is 268 g/mol. The van der Waals surface area contributed by atoms with E-state index >= 15 is 0 Å². The Kier molecular flexibility index (Phi) is 5.22. The summed E-state index contributed by atoms with van der Waals surface area (Å²) in [6, 6.07) is 0.284. The second-order valence-electron chi connectivity index (χ2n) is 6.40. The van der Waals surface area contributed by atoms with Gasteiger partial charge in [0.2, 0.25) is 5.91 Å². The molecule has 2 rings (SSSR count). The van der Waals surface area contributed by atoms with Crippen LogP contribution in [0.2, 0.25) is 0 Å². The van der Waals surface area contributed by atoms with E-state index in [9.17, 15) is 4.79 Å². The fourth-order valence-electron chi connectivity index (χ4n) is 3.54. The van der Waals surface area contributed by atoms with Crippen molar-refractivity contribution in [2.45, 2.75) is 45.1 Å². The standard InChI is InChI=1S/C15H28N2O2/c1-11-8-13(5-6-14(11)16)15(18)17-7-3-4-12(9-17)10-19-2/h11-14H,3-10,16H2,1-2H3. The van der Waals surface area contributed by atoms with Crippen molar-refractivity contribution >= 4 is 5.91 Å². The molecule has 0 aromatic carbocycles. The van der Waals surface area contributed by atoms with E-state index in [0.717, 1.165) is 45.4 Å². The Labute approximate surface area is 116 Å². The quantitative estimate of drug-likeness (QED) is 0.846. The third-order valence-corrected chi connectivity index (χ3v) is 4.82. The van der Waals surface area contributed by atoms with Gasteiger partial charge >= 0.3 is 0 Å². The maximum absolute atomic E-state index is 12.6. The fraction of sp³-hybridized carbons (Fsp3) is 0.933. The first-order valence-corrected chi connectivity index (χ1v) is 7.65. The summed E-state index contributed by atoms with van der Waals surface area (Å²) >= 11 is 0. The maximum atomic E-state index is 12.6. The topological polar surface area (TPSA) is 55.6 Å². The highest BCUT2D eigenvalue weighted by molar-refractivity contribution is 5.79. The first-order chi connectivity index (χ1) is 9.11.